The molecule has 0 amide bonds. The lowest BCUT2D eigenvalue weighted by atomic mass is 10.1. The van der Waals surface area contributed by atoms with Gasteiger partial charge in [0.15, 0.2) is 17.0 Å². The highest BCUT2D eigenvalue weighted by molar-refractivity contribution is 5.83. The van der Waals surface area contributed by atoms with Crippen LogP contribution >= 0.6 is 0 Å². The second kappa shape index (κ2) is 7.40. The maximum atomic E-state index is 5.47. The summed E-state index contributed by atoms with van der Waals surface area (Å²) in [7, 11) is 3.77. The van der Waals surface area contributed by atoms with Crippen LogP contribution in [0, 0.1) is 6.92 Å². The SMILES string of the molecule is CCC(COC)n1nnc2c(N(C)C3CCOCC3)nc(C)nc21. The number of anilines is 1. The first-order chi connectivity index (χ1) is 11.7. The third-order valence-corrected chi connectivity index (χ3v) is 4.67. The van der Waals surface area contributed by atoms with Crippen molar-refractivity contribution in [2.24, 2.45) is 0 Å². The molecule has 0 saturated carbocycles. The van der Waals surface area contributed by atoms with Gasteiger partial charge < -0.3 is 14.4 Å². The summed E-state index contributed by atoms with van der Waals surface area (Å²) in [6.45, 7) is 6.19. The van der Waals surface area contributed by atoms with Gasteiger partial charge in [-0.3, -0.25) is 0 Å². The summed E-state index contributed by atoms with van der Waals surface area (Å²) in [5.41, 5.74) is 1.53. The zero-order valence-electron chi connectivity index (χ0n) is 14.9. The molecular formula is C16H26N6O2. The number of methoxy groups -OCH3 is 1. The minimum Gasteiger partial charge on any atom is -0.382 e. The van der Waals surface area contributed by atoms with Gasteiger partial charge in [-0.1, -0.05) is 12.1 Å². The van der Waals surface area contributed by atoms with E-state index in [1.165, 1.54) is 0 Å². The summed E-state index contributed by atoms with van der Waals surface area (Å²) in [6, 6.07) is 0.526. The van der Waals surface area contributed by atoms with E-state index < -0.39 is 0 Å². The van der Waals surface area contributed by atoms with Crippen molar-refractivity contribution >= 4 is 17.0 Å². The molecule has 2 aromatic rings. The third kappa shape index (κ3) is 3.21. The van der Waals surface area contributed by atoms with Crippen LogP contribution in [-0.2, 0) is 9.47 Å². The molecule has 1 unspecified atom stereocenters. The predicted octanol–water partition coefficient (Wildman–Crippen LogP) is 1.74. The van der Waals surface area contributed by atoms with Gasteiger partial charge in [-0.25, -0.2) is 14.6 Å². The molecule has 0 bridgehead atoms. The van der Waals surface area contributed by atoms with Crippen LogP contribution in [0.4, 0.5) is 5.82 Å². The van der Waals surface area contributed by atoms with E-state index in [-0.39, 0.29) is 6.04 Å². The minimum absolute atomic E-state index is 0.121. The molecule has 3 heterocycles. The molecule has 1 atom stereocenters. The quantitative estimate of drug-likeness (QED) is 0.796. The normalized spacial score (nSPS) is 17.3. The largest absolute Gasteiger partial charge is 0.382 e. The van der Waals surface area contributed by atoms with E-state index in [0.29, 0.717) is 12.6 Å². The Morgan fingerprint density at radius 2 is 2.08 bits per heavy atom. The standard InChI is InChI=1S/C16H26N6O2/c1-5-12(10-23-4)22-16-14(19-20-22)15(17-11(2)18-16)21(3)13-6-8-24-9-7-13/h12-13H,5-10H2,1-4H3. The van der Waals surface area contributed by atoms with Crippen LogP contribution in [0.25, 0.3) is 11.2 Å². The Morgan fingerprint density at radius 1 is 1.33 bits per heavy atom. The van der Waals surface area contributed by atoms with Gasteiger partial charge in [-0.05, 0) is 26.2 Å². The lowest BCUT2D eigenvalue weighted by Gasteiger charge is -2.32. The van der Waals surface area contributed by atoms with Crippen molar-refractivity contribution in [2.75, 3.05) is 38.9 Å². The lowest BCUT2D eigenvalue weighted by molar-refractivity contribution is 0.0854. The fourth-order valence-corrected chi connectivity index (χ4v) is 3.21. The van der Waals surface area contributed by atoms with Crippen molar-refractivity contribution in [2.45, 2.75) is 45.2 Å². The number of aryl methyl sites for hydroxylation is 1. The second-order valence-electron chi connectivity index (χ2n) is 6.27. The summed E-state index contributed by atoms with van der Waals surface area (Å²) in [6.07, 6.45) is 2.90. The summed E-state index contributed by atoms with van der Waals surface area (Å²) < 4.78 is 12.7. The smallest absolute Gasteiger partial charge is 0.184 e. The van der Waals surface area contributed by atoms with Crippen LogP contribution < -0.4 is 4.90 Å². The molecule has 1 saturated heterocycles. The average molecular weight is 334 g/mol. The van der Waals surface area contributed by atoms with Crippen LogP contribution in [0.15, 0.2) is 0 Å². The van der Waals surface area contributed by atoms with E-state index in [1.807, 2.05) is 11.6 Å². The predicted molar refractivity (Wildman–Crippen MR) is 91.3 cm³/mol. The molecule has 8 nitrogen and oxygen atoms in total. The summed E-state index contributed by atoms with van der Waals surface area (Å²) in [4.78, 5) is 11.4. The molecule has 1 aliphatic heterocycles. The maximum absolute atomic E-state index is 5.47. The first-order valence-corrected chi connectivity index (χ1v) is 8.54. The molecule has 2 aromatic heterocycles. The number of rotatable bonds is 6. The Kier molecular flexibility index (Phi) is 5.25. The van der Waals surface area contributed by atoms with Gasteiger partial charge in [0.2, 0.25) is 0 Å². The number of ether oxygens (including phenoxy) is 2. The van der Waals surface area contributed by atoms with Crippen molar-refractivity contribution in [3.63, 3.8) is 0 Å². The fourth-order valence-electron chi connectivity index (χ4n) is 3.21. The molecule has 1 fully saturated rings. The third-order valence-electron chi connectivity index (χ3n) is 4.67. The summed E-state index contributed by atoms with van der Waals surface area (Å²) in [5.74, 6) is 1.58. The first-order valence-electron chi connectivity index (χ1n) is 8.54. The average Bonchev–Trinajstić information content (AvgIpc) is 3.02. The zero-order chi connectivity index (χ0) is 17.1. The Labute approximate surface area is 142 Å². The highest BCUT2D eigenvalue weighted by Gasteiger charge is 2.25. The number of fused-ring (bicyclic) bond motifs is 1. The van der Waals surface area contributed by atoms with Gasteiger partial charge in [0.25, 0.3) is 0 Å². The fraction of sp³-hybridized carbons (Fsp3) is 0.750. The molecule has 0 spiro atoms. The Hall–Kier alpha value is -1.80. The van der Waals surface area contributed by atoms with Gasteiger partial charge >= 0.3 is 0 Å². The molecular weight excluding hydrogens is 308 g/mol. The number of aromatic nitrogens is 5. The summed E-state index contributed by atoms with van der Waals surface area (Å²) in [5, 5.41) is 8.73. The Bertz CT molecular complexity index is 683. The molecule has 0 N–H and O–H groups in total. The van der Waals surface area contributed by atoms with Gasteiger partial charge in [-0.15, -0.1) is 5.10 Å². The number of hydrogen-bond acceptors (Lipinski definition) is 7. The second-order valence-corrected chi connectivity index (χ2v) is 6.27. The molecule has 0 aliphatic carbocycles. The molecule has 8 heteroatoms. The van der Waals surface area contributed by atoms with Gasteiger partial charge in [0.05, 0.1) is 12.6 Å². The molecule has 3 rings (SSSR count). The zero-order valence-corrected chi connectivity index (χ0v) is 14.9. The van der Waals surface area contributed by atoms with E-state index in [9.17, 15) is 0 Å². The van der Waals surface area contributed by atoms with E-state index in [4.69, 9.17) is 9.47 Å². The molecule has 132 valence electrons. The van der Waals surface area contributed by atoms with Crippen LogP contribution in [0.5, 0.6) is 0 Å². The lowest BCUT2D eigenvalue weighted by Crippen LogP contribution is -2.37. The Morgan fingerprint density at radius 3 is 2.75 bits per heavy atom. The van der Waals surface area contributed by atoms with Crippen molar-refractivity contribution in [1.29, 1.82) is 0 Å². The van der Waals surface area contributed by atoms with Crippen molar-refractivity contribution in [1.82, 2.24) is 25.0 Å². The van der Waals surface area contributed by atoms with E-state index in [0.717, 1.165) is 55.3 Å². The highest BCUT2D eigenvalue weighted by atomic mass is 16.5. The van der Waals surface area contributed by atoms with Crippen molar-refractivity contribution in [3.8, 4) is 0 Å². The van der Waals surface area contributed by atoms with Crippen LogP contribution in [0.2, 0.25) is 0 Å². The van der Waals surface area contributed by atoms with Crippen molar-refractivity contribution < 1.29 is 9.47 Å². The Balaban J connectivity index is 2.01. The molecule has 1 aliphatic rings. The van der Waals surface area contributed by atoms with E-state index in [1.54, 1.807) is 7.11 Å². The van der Waals surface area contributed by atoms with Gasteiger partial charge in [0, 0.05) is 33.4 Å². The first kappa shape index (κ1) is 17.0. The monoisotopic (exact) mass is 334 g/mol. The van der Waals surface area contributed by atoms with E-state index >= 15 is 0 Å². The van der Waals surface area contributed by atoms with Crippen LogP contribution in [-0.4, -0.2) is 65.0 Å². The topological polar surface area (TPSA) is 78.2 Å². The van der Waals surface area contributed by atoms with Crippen LogP contribution in [0.1, 0.15) is 38.1 Å². The minimum atomic E-state index is 0.121. The van der Waals surface area contributed by atoms with Crippen molar-refractivity contribution in [3.05, 3.63) is 5.82 Å². The van der Waals surface area contributed by atoms with Gasteiger partial charge in [-0.2, -0.15) is 0 Å². The highest BCUT2D eigenvalue weighted by Crippen LogP contribution is 2.27. The maximum Gasteiger partial charge on any atom is 0.184 e. The van der Waals surface area contributed by atoms with E-state index in [2.05, 4.69) is 39.2 Å². The number of hydrogen-bond donors (Lipinski definition) is 0. The van der Waals surface area contributed by atoms with Crippen LogP contribution in [0.3, 0.4) is 0 Å². The summed E-state index contributed by atoms with van der Waals surface area (Å²) >= 11 is 0. The molecule has 0 radical (unpaired) electrons. The molecule has 0 aromatic carbocycles. The van der Waals surface area contributed by atoms with Gasteiger partial charge in [0.1, 0.15) is 5.82 Å². The molecule has 24 heavy (non-hydrogen) atoms. The number of nitrogens with zero attached hydrogens (tertiary/aromatic N) is 6.